The normalized spacial score (nSPS) is 11.1. The number of rotatable bonds is 5. The fourth-order valence-corrected chi connectivity index (χ4v) is 4.35. The van der Waals surface area contributed by atoms with Gasteiger partial charge in [0.2, 0.25) is 4.96 Å². The van der Waals surface area contributed by atoms with Crippen molar-refractivity contribution in [3.05, 3.63) is 51.0 Å². The summed E-state index contributed by atoms with van der Waals surface area (Å²) in [5.41, 5.74) is 1.06. The van der Waals surface area contributed by atoms with E-state index in [0.29, 0.717) is 6.54 Å². The van der Waals surface area contributed by atoms with Crippen LogP contribution in [0.2, 0.25) is 0 Å². The summed E-state index contributed by atoms with van der Waals surface area (Å²) in [6, 6.07) is 7.72. The summed E-state index contributed by atoms with van der Waals surface area (Å²) >= 11 is 4.65. The smallest absolute Gasteiger partial charge is 0.261 e. The second-order valence-corrected chi connectivity index (χ2v) is 7.55. The third kappa shape index (κ3) is 2.92. The third-order valence-electron chi connectivity index (χ3n) is 3.30. The highest BCUT2D eigenvalue weighted by Gasteiger charge is 2.12. The molecule has 0 aliphatic carbocycles. The van der Waals surface area contributed by atoms with Crippen molar-refractivity contribution in [1.29, 1.82) is 0 Å². The van der Waals surface area contributed by atoms with Crippen LogP contribution < -0.4 is 5.32 Å². The van der Waals surface area contributed by atoms with Gasteiger partial charge in [-0.1, -0.05) is 12.1 Å². The van der Waals surface area contributed by atoms with Gasteiger partial charge in [-0.25, -0.2) is 4.52 Å². The van der Waals surface area contributed by atoms with E-state index in [1.807, 2.05) is 44.9 Å². The molecule has 1 amide bonds. The van der Waals surface area contributed by atoms with Crippen LogP contribution in [0.1, 0.15) is 15.4 Å². The first-order valence-corrected chi connectivity index (χ1v) is 9.64. The quantitative estimate of drug-likeness (QED) is 0.592. The van der Waals surface area contributed by atoms with Crippen molar-refractivity contribution in [3.8, 4) is 10.7 Å². The molecule has 0 spiro atoms. The fourth-order valence-electron chi connectivity index (χ4n) is 2.21. The number of aromatic nitrogens is 3. The van der Waals surface area contributed by atoms with Crippen LogP contribution in [0.15, 0.2) is 40.4 Å². The molecule has 4 aromatic heterocycles. The number of nitrogens with one attached hydrogen (secondary N) is 1. The molecule has 23 heavy (non-hydrogen) atoms. The van der Waals surface area contributed by atoms with Crippen LogP contribution in [0.3, 0.4) is 0 Å². The van der Waals surface area contributed by atoms with Crippen LogP contribution in [0.5, 0.6) is 0 Å². The van der Waals surface area contributed by atoms with Gasteiger partial charge in [-0.2, -0.15) is 4.98 Å². The fraction of sp³-hybridized carbons (Fsp3) is 0.133. The molecule has 0 bridgehead atoms. The largest absolute Gasteiger partial charge is 0.351 e. The molecule has 4 heterocycles. The molecule has 0 atom stereocenters. The first-order chi connectivity index (χ1) is 11.3. The molecule has 4 rings (SSSR count). The maximum absolute atomic E-state index is 11.9. The summed E-state index contributed by atoms with van der Waals surface area (Å²) in [6.45, 7) is 0.580. The molecule has 0 aromatic carbocycles. The summed E-state index contributed by atoms with van der Waals surface area (Å²) in [5.74, 6) is 0.736. The van der Waals surface area contributed by atoms with Crippen molar-refractivity contribution in [1.82, 2.24) is 19.9 Å². The number of thiophene rings is 2. The highest BCUT2D eigenvalue weighted by molar-refractivity contribution is 7.15. The van der Waals surface area contributed by atoms with Crippen molar-refractivity contribution >= 4 is 44.9 Å². The molecule has 0 fully saturated rings. The summed E-state index contributed by atoms with van der Waals surface area (Å²) < 4.78 is 1.87. The van der Waals surface area contributed by atoms with Gasteiger partial charge in [-0.05, 0) is 22.9 Å². The second kappa shape index (κ2) is 6.23. The standard InChI is InChI=1S/C15H12N4OS3/c20-14(12-4-2-8-22-12)16-6-5-10-9-23-15-17-13(18-19(10)15)11-3-1-7-21-11/h1-4,7-9H,5-6H2,(H,16,20). The van der Waals surface area contributed by atoms with E-state index >= 15 is 0 Å². The second-order valence-electron chi connectivity index (χ2n) is 4.82. The maximum Gasteiger partial charge on any atom is 0.261 e. The Morgan fingerprint density at radius 2 is 2.04 bits per heavy atom. The van der Waals surface area contributed by atoms with Gasteiger partial charge < -0.3 is 5.32 Å². The molecule has 4 aromatic rings. The van der Waals surface area contributed by atoms with Gasteiger partial charge in [-0.3, -0.25) is 4.79 Å². The number of hydrogen-bond acceptors (Lipinski definition) is 6. The van der Waals surface area contributed by atoms with Gasteiger partial charge in [0.05, 0.1) is 15.4 Å². The molecule has 5 nitrogen and oxygen atoms in total. The first-order valence-electron chi connectivity index (χ1n) is 7.00. The average Bonchev–Trinajstić information content (AvgIpc) is 3.32. The minimum atomic E-state index is -0.0238. The van der Waals surface area contributed by atoms with Gasteiger partial charge in [0.25, 0.3) is 5.91 Å². The lowest BCUT2D eigenvalue weighted by molar-refractivity contribution is 0.0958. The number of hydrogen-bond donors (Lipinski definition) is 1. The number of fused-ring (bicyclic) bond motifs is 1. The Morgan fingerprint density at radius 3 is 2.83 bits per heavy atom. The van der Waals surface area contributed by atoms with Gasteiger partial charge in [0.15, 0.2) is 5.82 Å². The van der Waals surface area contributed by atoms with E-state index in [-0.39, 0.29) is 5.91 Å². The molecule has 8 heteroatoms. The predicted octanol–water partition coefficient (Wildman–Crippen LogP) is 3.55. The topological polar surface area (TPSA) is 59.3 Å². The SMILES string of the molecule is O=C(NCCc1csc2nc(-c3cccs3)nn12)c1cccs1. The molecular weight excluding hydrogens is 348 g/mol. The lowest BCUT2D eigenvalue weighted by atomic mass is 10.3. The molecule has 0 saturated heterocycles. The lowest BCUT2D eigenvalue weighted by Gasteiger charge is -2.02. The third-order valence-corrected chi connectivity index (χ3v) is 5.90. The molecule has 0 aliphatic rings. The van der Waals surface area contributed by atoms with Crippen molar-refractivity contribution in [2.45, 2.75) is 6.42 Å². The molecule has 0 aliphatic heterocycles. The number of nitrogens with zero attached hydrogens (tertiary/aromatic N) is 3. The van der Waals surface area contributed by atoms with Crippen molar-refractivity contribution in [3.63, 3.8) is 0 Å². The Labute approximate surface area is 144 Å². The van der Waals surface area contributed by atoms with Crippen LogP contribution in [0, 0.1) is 0 Å². The highest BCUT2D eigenvalue weighted by atomic mass is 32.1. The van der Waals surface area contributed by atoms with E-state index in [9.17, 15) is 4.79 Å². The van der Waals surface area contributed by atoms with Crippen LogP contribution in [0.4, 0.5) is 0 Å². The van der Waals surface area contributed by atoms with E-state index in [2.05, 4.69) is 15.4 Å². The van der Waals surface area contributed by atoms with Crippen molar-refractivity contribution in [2.75, 3.05) is 6.54 Å². The van der Waals surface area contributed by atoms with E-state index in [0.717, 1.165) is 32.7 Å². The van der Waals surface area contributed by atoms with Crippen molar-refractivity contribution < 1.29 is 4.79 Å². The van der Waals surface area contributed by atoms with E-state index < -0.39 is 0 Å². The average molecular weight is 360 g/mol. The maximum atomic E-state index is 11.9. The molecular formula is C15H12N4OS3. The Kier molecular flexibility index (Phi) is 3.94. The Hall–Kier alpha value is -2.03. The minimum Gasteiger partial charge on any atom is -0.351 e. The minimum absolute atomic E-state index is 0.0238. The van der Waals surface area contributed by atoms with Crippen LogP contribution >= 0.6 is 34.0 Å². The van der Waals surface area contributed by atoms with Crippen LogP contribution in [-0.4, -0.2) is 27.0 Å². The summed E-state index contributed by atoms with van der Waals surface area (Å²) in [7, 11) is 0. The number of thiazole rings is 1. The van der Waals surface area contributed by atoms with Gasteiger partial charge in [-0.15, -0.1) is 39.1 Å². The zero-order chi connectivity index (χ0) is 15.6. The monoisotopic (exact) mass is 360 g/mol. The zero-order valence-electron chi connectivity index (χ0n) is 11.9. The van der Waals surface area contributed by atoms with Crippen LogP contribution in [-0.2, 0) is 6.42 Å². The summed E-state index contributed by atoms with van der Waals surface area (Å²) in [4.78, 5) is 19.2. The highest BCUT2D eigenvalue weighted by Crippen LogP contribution is 2.24. The Balaban J connectivity index is 1.46. The van der Waals surface area contributed by atoms with Gasteiger partial charge in [0.1, 0.15) is 0 Å². The molecule has 0 radical (unpaired) electrons. The molecule has 0 unspecified atom stereocenters. The lowest BCUT2D eigenvalue weighted by Crippen LogP contribution is -2.25. The van der Waals surface area contributed by atoms with Crippen molar-refractivity contribution in [2.24, 2.45) is 0 Å². The first kappa shape index (κ1) is 14.6. The molecule has 0 saturated carbocycles. The molecule has 1 N–H and O–H groups in total. The van der Waals surface area contributed by atoms with Gasteiger partial charge >= 0.3 is 0 Å². The predicted molar refractivity (Wildman–Crippen MR) is 94.5 cm³/mol. The van der Waals surface area contributed by atoms with Gasteiger partial charge in [0, 0.05) is 18.3 Å². The van der Waals surface area contributed by atoms with Crippen LogP contribution in [0.25, 0.3) is 15.7 Å². The molecule has 116 valence electrons. The number of amides is 1. The van der Waals surface area contributed by atoms with E-state index in [4.69, 9.17) is 0 Å². The number of carbonyl (C=O) groups is 1. The number of carbonyl (C=O) groups excluding carboxylic acids is 1. The Bertz CT molecular complexity index is 922. The van der Waals surface area contributed by atoms with E-state index in [1.54, 1.807) is 22.7 Å². The Morgan fingerprint density at radius 1 is 1.17 bits per heavy atom. The zero-order valence-corrected chi connectivity index (χ0v) is 14.4. The van der Waals surface area contributed by atoms with E-state index in [1.165, 1.54) is 11.3 Å². The summed E-state index contributed by atoms with van der Waals surface area (Å²) in [6.07, 6.45) is 0.727. The summed E-state index contributed by atoms with van der Waals surface area (Å²) in [5, 5.41) is 13.5.